The number of amides is 1. The van der Waals surface area contributed by atoms with E-state index in [1.807, 2.05) is 55.6 Å². The number of carbonyl (C=O) groups excluding carboxylic acids is 1. The van der Waals surface area contributed by atoms with Gasteiger partial charge >= 0.3 is 0 Å². The summed E-state index contributed by atoms with van der Waals surface area (Å²) in [6.45, 7) is 8.86. The lowest BCUT2D eigenvalue weighted by atomic mass is 10.1. The van der Waals surface area contributed by atoms with Crippen molar-refractivity contribution in [2.75, 3.05) is 13.7 Å². The zero-order valence-corrected chi connectivity index (χ0v) is 24.2. The monoisotopic (exact) mass is 544 g/mol. The highest BCUT2D eigenvalue weighted by Crippen LogP contribution is 2.39. The number of nitrogens with one attached hydrogen (secondary N) is 1. The van der Waals surface area contributed by atoms with Crippen LogP contribution in [0.25, 0.3) is 10.9 Å². The van der Waals surface area contributed by atoms with E-state index in [9.17, 15) is 9.59 Å². The summed E-state index contributed by atoms with van der Waals surface area (Å²) in [5, 5.41) is 3.34. The molecule has 2 heterocycles. The number of nitrogens with zero attached hydrogens (tertiary/aromatic N) is 3. The Morgan fingerprint density at radius 2 is 1.82 bits per heavy atom. The quantitative estimate of drug-likeness (QED) is 0.179. The molecule has 2 aromatic heterocycles. The number of rotatable bonds is 11. The fraction of sp³-hybridized carbons (Fsp3) is 0.333. The third-order valence-electron chi connectivity index (χ3n) is 7.21. The highest BCUT2D eigenvalue weighted by molar-refractivity contribution is 6.72. The van der Waals surface area contributed by atoms with Crippen LogP contribution < -0.4 is 14.8 Å². The van der Waals surface area contributed by atoms with Crippen molar-refractivity contribution in [3.63, 3.8) is 0 Å². The molecule has 2 N–H and O–H groups in total. The number of ether oxygens (including phenoxy) is 2. The van der Waals surface area contributed by atoms with Crippen molar-refractivity contribution in [3.05, 3.63) is 84.1 Å². The first-order valence-corrected chi connectivity index (χ1v) is 16.1. The van der Waals surface area contributed by atoms with Crippen LogP contribution in [0.2, 0.25) is 18.1 Å². The van der Waals surface area contributed by atoms with Gasteiger partial charge in [0, 0.05) is 42.9 Å². The molecule has 0 spiro atoms. The predicted octanol–water partition coefficient (Wildman–Crippen LogP) is 5.90. The van der Waals surface area contributed by atoms with Crippen LogP contribution in [-0.4, -0.2) is 47.6 Å². The fourth-order valence-electron chi connectivity index (χ4n) is 4.02. The second kappa shape index (κ2) is 11.9. The van der Waals surface area contributed by atoms with Gasteiger partial charge in [-0.05, 0) is 61.3 Å². The Bertz CT molecular complexity index is 1450. The van der Waals surface area contributed by atoms with Gasteiger partial charge in [-0.3, -0.25) is 9.78 Å². The third-order valence-corrected chi connectivity index (χ3v) is 10.8. The molecule has 0 saturated heterocycles. The maximum Gasteiger partial charge on any atom is 0.269 e. The third kappa shape index (κ3) is 7.19. The minimum atomic E-state index is -2.23. The first-order valence-electron chi connectivity index (χ1n) is 13.1. The lowest BCUT2D eigenvalue weighted by Crippen LogP contribution is -2.39. The van der Waals surface area contributed by atoms with Gasteiger partial charge < -0.3 is 19.6 Å². The van der Waals surface area contributed by atoms with Crippen LogP contribution in [0.3, 0.4) is 0 Å². The molecule has 0 aliphatic rings. The van der Waals surface area contributed by atoms with Crippen molar-refractivity contribution >= 4 is 25.1 Å². The Balaban J connectivity index is 1.42. The molecule has 0 radical (unpaired) electrons. The molecule has 39 heavy (non-hydrogen) atoms. The molecule has 0 bridgehead atoms. The second-order valence-corrected chi connectivity index (χ2v) is 15.2. The summed E-state index contributed by atoms with van der Waals surface area (Å²) in [5.74, 6) is 2.38. The van der Waals surface area contributed by atoms with Gasteiger partial charge in [-0.2, -0.15) is 0 Å². The highest BCUT2D eigenvalue weighted by atomic mass is 28.4. The summed E-state index contributed by atoms with van der Waals surface area (Å²) < 4.78 is 12.1. The molecule has 0 saturated carbocycles. The first kappa shape index (κ1) is 28.2. The molecule has 1 amide bonds. The van der Waals surface area contributed by atoms with Crippen molar-refractivity contribution in [2.45, 2.75) is 51.2 Å². The Morgan fingerprint density at radius 3 is 2.59 bits per heavy atom. The van der Waals surface area contributed by atoms with Crippen LogP contribution in [0.5, 0.6) is 17.2 Å². The molecule has 4 rings (SSSR count). The molecule has 0 aliphatic carbocycles. The predicted molar refractivity (Wildman–Crippen MR) is 155 cm³/mol. The Labute approximate surface area is 230 Å². The zero-order chi connectivity index (χ0) is 28.0. The van der Waals surface area contributed by atoms with Crippen LogP contribution in [0.1, 0.15) is 48.6 Å². The van der Waals surface area contributed by atoms with E-state index in [4.69, 9.17) is 14.5 Å². The minimum absolute atomic E-state index is 0.0630. The van der Waals surface area contributed by atoms with Gasteiger partial charge in [0.25, 0.3) is 5.91 Å². The van der Waals surface area contributed by atoms with Crippen LogP contribution >= 0.6 is 0 Å². The van der Waals surface area contributed by atoms with Gasteiger partial charge in [-0.1, -0.05) is 32.0 Å². The number of hydrogen-bond acceptors (Lipinski definition) is 7. The number of aromatic nitrogens is 3. The van der Waals surface area contributed by atoms with E-state index < -0.39 is 8.32 Å². The van der Waals surface area contributed by atoms with E-state index in [1.165, 1.54) is 6.20 Å². The van der Waals surface area contributed by atoms with E-state index in [0.29, 0.717) is 30.4 Å². The smallest absolute Gasteiger partial charge is 0.269 e. The lowest BCUT2D eigenvalue weighted by Gasteiger charge is -2.35. The molecular weight excluding hydrogens is 508 g/mol. The molecule has 2 aromatic carbocycles. The van der Waals surface area contributed by atoms with Gasteiger partial charge in [-0.15, -0.1) is 0 Å². The van der Waals surface area contributed by atoms with Gasteiger partial charge in [0.15, 0.2) is 8.32 Å². The number of fused-ring (bicyclic) bond motifs is 1. The molecule has 204 valence electrons. The van der Waals surface area contributed by atoms with Gasteiger partial charge in [0.2, 0.25) is 0 Å². The van der Waals surface area contributed by atoms with Gasteiger partial charge in [0.1, 0.15) is 28.8 Å². The van der Waals surface area contributed by atoms with E-state index in [2.05, 4.69) is 29.1 Å². The van der Waals surface area contributed by atoms with Crippen molar-refractivity contribution < 1.29 is 19.1 Å². The maximum absolute atomic E-state index is 11.9. The number of para-hydroxylation sites is 1. The number of benzene rings is 2. The fourth-order valence-corrected chi connectivity index (χ4v) is 4.81. The molecule has 4 aromatic rings. The molecule has 0 aliphatic heterocycles. The highest BCUT2D eigenvalue weighted by Gasteiger charge is 2.37. The van der Waals surface area contributed by atoms with Crippen LogP contribution in [-0.2, 0) is 6.42 Å². The summed E-state index contributed by atoms with van der Waals surface area (Å²) in [4.78, 5) is 35.8. The number of pyridine rings is 1. The van der Waals surface area contributed by atoms with Crippen molar-refractivity contribution in [2.24, 2.45) is 0 Å². The topological polar surface area (TPSA) is 106 Å². The molecule has 9 heteroatoms. The Hall–Kier alpha value is -3.82. The first-order chi connectivity index (χ1) is 18.6. The van der Waals surface area contributed by atoms with E-state index in [1.54, 1.807) is 25.4 Å². The van der Waals surface area contributed by atoms with Crippen LogP contribution in [0.4, 0.5) is 0 Å². The van der Waals surface area contributed by atoms with Crippen molar-refractivity contribution in [1.29, 1.82) is 0 Å². The number of carbonyl (C=O) groups is 1. The summed E-state index contributed by atoms with van der Waals surface area (Å²) in [6.07, 6.45) is 5.67. The molecule has 0 unspecified atom stereocenters. The largest absolute Gasteiger partial charge is 0.493 e. The van der Waals surface area contributed by atoms with Crippen molar-refractivity contribution in [1.82, 2.24) is 20.3 Å². The molecular formula is C30H36N4O4Si. The van der Waals surface area contributed by atoms with E-state index in [-0.39, 0.29) is 16.6 Å². The standard InChI is InChI=1S/C30H36N4O4Si/c1-30(2,39(4,5)36)14-8-16-37-27-10-7-6-9-21(27)18-28-33-20-22-17-23(11-12-25(22)34-28)38-24-13-15-32-26(19-24)29(35)31-3/h6-7,9-13,15,17,19-20,36H,8,14,16,18H2,1-5H3,(H,31,35). The minimum Gasteiger partial charge on any atom is -0.493 e. The number of hydrogen-bond donors (Lipinski definition) is 2. The second-order valence-electron chi connectivity index (χ2n) is 10.7. The summed E-state index contributed by atoms with van der Waals surface area (Å²) >= 11 is 0. The summed E-state index contributed by atoms with van der Waals surface area (Å²) in [7, 11) is -0.668. The van der Waals surface area contributed by atoms with Gasteiger partial charge in [-0.25, -0.2) is 9.97 Å². The molecule has 0 fully saturated rings. The SMILES string of the molecule is CNC(=O)c1cc(Oc2ccc3nc(Cc4ccccc4OCCCC(C)(C)[Si](C)(C)O)ncc3c2)ccn1. The maximum atomic E-state index is 11.9. The average Bonchev–Trinajstić information content (AvgIpc) is 2.91. The van der Waals surface area contributed by atoms with Crippen LogP contribution in [0, 0.1) is 0 Å². The molecule has 8 nitrogen and oxygen atoms in total. The Kier molecular flexibility index (Phi) is 8.62. The van der Waals surface area contributed by atoms with E-state index in [0.717, 1.165) is 35.1 Å². The van der Waals surface area contributed by atoms with Crippen LogP contribution in [0.15, 0.2) is 67.0 Å². The summed E-state index contributed by atoms with van der Waals surface area (Å²) in [5.41, 5.74) is 2.12. The van der Waals surface area contributed by atoms with E-state index >= 15 is 0 Å². The summed E-state index contributed by atoms with van der Waals surface area (Å²) in [6, 6.07) is 16.9. The lowest BCUT2D eigenvalue weighted by molar-refractivity contribution is 0.0958. The zero-order valence-electron chi connectivity index (χ0n) is 23.2. The van der Waals surface area contributed by atoms with Crippen molar-refractivity contribution in [3.8, 4) is 17.2 Å². The van der Waals surface area contributed by atoms with Gasteiger partial charge in [0.05, 0.1) is 12.1 Å². The average molecular weight is 545 g/mol. The Morgan fingerprint density at radius 1 is 1.05 bits per heavy atom. The normalized spacial score (nSPS) is 11.8. The molecule has 0 atom stereocenters.